The second-order valence-corrected chi connectivity index (χ2v) is 7.17. The van der Waals surface area contributed by atoms with Gasteiger partial charge in [-0.2, -0.15) is 0 Å². The SMILES string of the molecule is CN(C(=O)CCCNC(=O)c1ccc(Cl)cc1)c1ccc(Br)cc1Cl. The molecule has 0 aliphatic carbocycles. The molecule has 0 aliphatic rings. The van der Waals surface area contributed by atoms with E-state index in [1.807, 2.05) is 6.07 Å². The maximum atomic E-state index is 12.3. The number of halogens is 3. The molecule has 0 atom stereocenters. The molecule has 0 unspecified atom stereocenters. The highest BCUT2D eigenvalue weighted by molar-refractivity contribution is 9.10. The van der Waals surface area contributed by atoms with Gasteiger partial charge in [-0.1, -0.05) is 39.1 Å². The van der Waals surface area contributed by atoms with Gasteiger partial charge in [0.2, 0.25) is 5.91 Å². The van der Waals surface area contributed by atoms with Crippen LogP contribution in [-0.2, 0) is 4.79 Å². The number of amides is 2. The zero-order valence-electron chi connectivity index (χ0n) is 13.6. The van der Waals surface area contributed by atoms with E-state index < -0.39 is 0 Å². The first-order valence-electron chi connectivity index (χ1n) is 7.64. The van der Waals surface area contributed by atoms with Gasteiger partial charge in [0.15, 0.2) is 0 Å². The molecule has 4 nitrogen and oxygen atoms in total. The smallest absolute Gasteiger partial charge is 0.251 e. The van der Waals surface area contributed by atoms with Gasteiger partial charge >= 0.3 is 0 Å². The molecule has 1 N–H and O–H groups in total. The molecule has 132 valence electrons. The number of anilines is 1. The molecule has 2 rings (SSSR count). The molecule has 0 spiro atoms. The molecule has 0 bridgehead atoms. The van der Waals surface area contributed by atoms with Crippen LogP contribution < -0.4 is 10.2 Å². The first-order chi connectivity index (χ1) is 11.9. The third-order valence-corrected chi connectivity index (χ3v) is 4.65. The Morgan fingerprint density at radius 3 is 2.44 bits per heavy atom. The lowest BCUT2D eigenvalue weighted by atomic mass is 10.2. The fourth-order valence-corrected chi connectivity index (χ4v) is 3.13. The lowest BCUT2D eigenvalue weighted by molar-refractivity contribution is -0.118. The van der Waals surface area contributed by atoms with Gasteiger partial charge in [-0.15, -0.1) is 0 Å². The van der Waals surface area contributed by atoms with Gasteiger partial charge in [0.25, 0.3) is 5.91 Å². The lowest BCUT2D eigenvalue weighted by Crippen LogP contribution is -2.29. The Hall–Kier alpha value is -1.56. The standard InChI is InChI=1S/C18H17BrCl2N2O2/c1-23(16-9-6-13(19)11-15(16)21)17(24)3-2-10-22-18(25)12-4-7-14(20)8-5-12/h4-9,11H,2-3,10H2,1H3,(H,22,25). The van der Waals surface area contributed by atoms with Crippen molar-refractivity contribution in [3.05, 3.63) is 62.5 Å². The highest BCUT2D eigenvalue weighted by Crippen LogP contribution is 2.28. The molecule has 2 aromatic rings. The van der Waals surface area contributed by atoms with E-state index in [0.717, 1.165) is 4.47 Å². The van der Waals surface area contributed by atoms with Gasteiger partial charge in [0.05, 0.1) is 10.7 Å². The topological polar surface area (TPSA) is 49.4 Å². The Balaban J connectivity index is 1.80. The second-order valence-electron chi connectivity index (χ2n) is 5.41. The van der Waals surface area contributed by atoms with Crippen molar-refractivity contribution in [1.82, 2.24) is 5.32 Å². The van der Waals surface area contributed by atoms with E-state index in [-0.39, 0.29) is 11.8 Å². The quantitative estimate of drug-likeness (QED) is 0.643. The number of carbonyl (C=O) groups excluding carboxylic acids is 2. The highest BCUT2D eigenvalue weighted by Gasteiger charge is 2.14. The van der Waals surface area contributed by atoms with E-state index in [1.165, 1.54) is 4.90 Å². The summed E-state index contributed by atoms with van der Waals surface area (Å²) in [6, 6.07) is 12.0. The van der Waals surface area contributed by atoms with Crippen molar-refractivity contribution in [2.24, 2.45) is 0 Å². The molecule has 0 aliphatic heterocycles. The molecule has 2 aromatic carbocycles. The minimum atomic E-state index is -0.187. The van der Waals surface area contributed by atoms with Gasteiger partial charge in [0.1, 0.15) is 0 Å². The minimum Gasteiger partial charge on any atom is -0.352 e. The van der Waals surface area contributed by atoms with Crippen molar-refractivity contribution in [3.8, 4) is 0 Å². The van der Waals surface area contributed by atoms with Crippen LogP contribution in [0.1, 0.15) is 23.2 Å². The van der Waals surface area contributed by atoms with Crippen LogP contribution in [0.25, 0.3) is 0 Å². The van der Waals surface area contributed by atoms with Gasteiger partial charge in [0, 0.05) is 35.1 Å². The highest BCUT2D eigenvalue weighted by atomic mass is 79.9. The summed E-state index contributed by atoms with van der Waals surface area (Å²) < 4.78 is 0.854. The molecule has 0 radical (unpaired) electrons. The first-order valence-corrected chi connectivity index (χ1v) is 9.19. The first kappa shape index (κ1) is 19.8. The van der Waals surface area contributed by atoms with Gasteiger partial charge in [-0.3, -0.25) is 9.59 Å². The predicted octanol–water partition coefficient (Wildman–Crippen LogP) is 4.93. The van der Waals surface area contributed by atoms with Crippen LogP contribution in [0, 0.1) is 0 Å². The second kappa shape index (κ2) is 9.22. The predicted molar refractivity (Wildman–Crippen MR) is 106 cm³/mol. The normalized spacial score (nSPS) is 10.4. The summed E-state index contributed by atoms with van der Waals surface area (Å²) in [6.45, 7) is 0.412. The number of nitrogens with one attached hydrogen (secondary N) is 1. The van der Waals surface area contributed by atoms with E-state index in [4.69, 9.17) is 23.2 Å². The summed E-state index contributed by atoms with van der Waals surface area (Å²) in [5.74, 6) is -0.251. The van der Waals surface area contributed by atoms with Crippen molar-refractivity contribution in [1.29, 1.82) is 0 Å². The number of nitrogens with zero attached hydrogens (tertiary/aromatic N) is 1. The summed E-state index contributed by atoms with van der Waals surface area (Å²) >= 11 is 15.3. The van der Waals surface area contributed by atoms with E-state index >= 15 is 0 Å². The Morgan fingerprint density at radius 1 is 1.12 bits per heavy atom. The van der Waals surface area contributed by atoms with Crippen LogP contribution in [-0.4, -0.2) is 25.4 Å². The van der Waals surface area contributed by atoms with Gasteiger partial charge < -0.3 is 10.2 Å². The van der Waals surface area contributed by atoms with Crippen LogP contribution in [0.4, 0.5) is 5.69 Å². The maximum Gasteiger partial charge on any atom is 0.251 e. The molecular weight excluding hydrogens is 427 g/mol. The number of rotatable bonds is 6. The summed E-state index contributed by atoms with van der Waals surface area (Å²) in [6.07, 6.45) is 0.848. The van der Waals surface area contributed by atoms with Crippen LogP contribution in [0.15, 0.2) is 46.9 Å². The third-order valence-electron chi connectivity index (χ3n) is 3.60. The fraction of sp³-hybridized carbons (Fsp3) is 0.222. The van der Waals surface area contributed by atoms with E-state index in [9.17, 15) is 9.59 Å². The number of hydrogen-bond acceptors (Lipinski definition) is 2. The van der Waals surface area contributed by atoms with Crippen LogP contribution >= 0.6 is 39.1 Å². The van der Waals surface area contributed by atoms with Crippen LogP contribution in [0.5, 0.6) is 0 Å². The number of hydrogen-bond donors (Lipinski definition) is 1. The number of carbonyl (C=O) groups is 2. The lowest BCUT2D eigenvalue weighted by Gasteiger charge is -2.19. The van der Waals surface area contributed by atoms with Crippen molar-refractivity contribution in [2.45, 2.75) is 12.8 Å². The molecule has 2 amide bonds. The van der Waals surface area contributed by atoms with Crippen molar-refractivity contribution < 1.29 is 9.59 Å². The monoisotopic (exact) mass is 442 g/mol. The Morgan fingerprint density at radius 2 is 1.80 bits per heavy atom. The molecule has 0 aromatic heterocycles. The average molecular weight is 444 g/mol. The van der Waals surface area contributed by atoms with E-state index in [1.54, 1.807) is 43.4 Å². The van der Waals surface area contributed by atoms with E-state index in [2.05, 4.69) is 21.2 Å². The molecule has 7 heteroatoms. The van der Waals surface area contributed by atoms with Crippen LogP contribution in [0.2, 0.25) is 10.0 Å². The summed E-state index contributed by atoms with van der Waals surface area (Å²) in [5.41, 5.74) is 1.19. The Bertz CT molecular complexity index is 766. The largest absolute Gasteiger partial charge is 0.352 e. The van der Waals surface area contributed by atoms with Gasteiger partial charge in [-0.05, 0) is 48.9 Å². The summed E-state index contributed by atoms with van der Waals surface area (Å²) in [7, 11) is 1.68. The molecule has 0 fully saturated rings. The molecule has 25 heavy (non-hydrogen) atoms. The minimum absolute atomic E-state index is 0.0648. The van der Waals surface area contributed by atoms with Gasteiger partial charge in [-0.25, -0.2) is 0 Å². The Labute approximate surface area is 165 Å². The van der Waals surface area contributed by atoms with Crippen molar-refractivity contribution >= 4 is 56.6 Å². The molecule has 0 saturated heterocycles. The molecule has 0 heterocycles. The summed E-state index contributed by atoms with van der Waals surface area (Å²) in [5, 5.41) is 3.87. The Kier molecular flexibility index (Phi) is 7.29. The maximum absolute atomic E-state index is 12.3. The van der Waals surface area contributed by atoms with Crippen LogP contribution in [0.3, 0.4) is 0 Å². The molecular formula is C18H17BrCl2N2O2. The number of benzene rings is 2. The zero-order chi connectivity index (χ0) is 18.4. The summed E-state index contributed by atoms with van der Waals surface area (Å²) in [4.78, 5) is 25.7. The molecule has 0 saturated carbocycles. The third kappa shape index (κ3) is 5.73. The average Bonchev–Trinajstić information content (AvgIpc) is 2.58. The zero-order valence-corrected chi connectivity index (χ0v) is 16.7. The van der Waals surface area contributed by atoms with Crippen molar-refractivity contribution in [3.63, 3.8) is 0 Å². The van der Waals surface area contributed by atoms with Crippen molar-refractivity contribution in [2.75, 3.05) is 18.5 Å². The fourth-order valence-electron chi connectivity index (χ4n) is 2.20. The van der Waals surface area contributed by atoms with E-state index in [0.29, 0.717) is 40.7 Å².